The van der Waals surface area contributed by atoms with Crippen molar-refractivity contribution < 1.29 is 75.7 Å². The number of nitrogens with two attached hydrogens (primary N) is 1. The van der Waals surface area contributed by atoms with E-state index < -0.39 is 78.6 Å². The van der Waals surface area contributed by atoms with Crippen LogP contribution in [0.2, 0.25) is 0 Å². The maximum Gasteiger partial charge on any atom is 0.481 e. The Balaban J connectivity index is 1.51. The van der Waals surface area contributed by atoms with Gasteiger partial charge < -0.3 is 50.9 Å². The van der Waals surface area contributed by atoms with Gasteiger partial charge in [-0.1, -0.05) is 48.8 Å². The van der Waals surface area contributed by atoms with Gasteiger partial charge in [0.1, 0.15) is 36.3 Å². The molecule has 10 N–H and O–H groups in total. The standard InChI is InChI=1S/C25H44N7O16P3S2/c1-4-5-9-52-53-10-8-27-16(33)6-7-28-23(36)20(35)25(2,3)12-45-51(42,43)48-50(40,41)44-11-15-19(47-49(37,38)39)18(34)24(46-15)32-14-31-17-21(26)29-13-30-22(17)32/h13-15,18-20,24,34-35H,4-12H2,1-3H3,(H,27,33)(H,28,36)(H,40,41)(H,42,43)(H2,26,29,30)(H2,37,38,39)/t15-,18+,19?,20-,24-/m1/s1. The van der Waals surface area contributed by atoms with Crippen molar-refractivity contribution in [1.29, 1.82) is 0 Å². The molecule has 0 bridgehead atoms. The average Bonchev–Trinajstić information content (AvgIpc) is 3.62. The molecule has 7 atom stereocenters. The number of carbonyl (C=O) groups excluding carboxylic acids is 2. The summed E-state index contributed by atoms with van der Waals surface area (Å²) in [6, 6.07) is 0. The molecular weight excluding hydrogens is 811 g/mol. The number of carbonyl (C=O) groups is 2. The van der Waals surface area contributed by atoms with Gasteiger partial charge in [0.05, 0.1) is 19.5 Å². The molecule has 3 heterocycles. The second-order valence-electron chi connectivity index (χ2n) is 12.1. The quantitative estimate of drug-likeness (QED) is 0.0419. The first-order valence-corrected chi connectivity index (χ1v) is 22.8. The minimum Gasteiger partial charge on any atom is -0.386 e. The highest BCUT2D eigenvalue weighted by atomic mass is 33.1. The van der Waals surface area contributed by atoms with E-state index in [-0.39, 0.29) is 35.9 Å². The van der Waals surface area contributed by atoms with E-state index in [4.69, 9.17) is 19.5 Å². The minimum atomic E-state index is -5.54. The molecule has 0 spiro atoms. The summed E-state index contributed by atoms with van der Waals surface area (Å²) in [6.07, 6.45) is -4.48. The topological polar surface area (TPSA) is 347 Å². The number of unbranched alkanes of at least 4 members (excludes halogenated alkanes) is 1. The third-order valence-corrected chi connectivity index (χ3v) is 12.8. The van der Waals surface area contributed by atoms with E-state index in [0.717, 1.165) is 35.8 Å². The van der Waals surface area contributed by atoms with Gasteiger partial charge in [0.25, 0.3) is 0 Å². The van der Waals surface area contributed by atoms with Crippen LogP contribution in [-0.4, -0.2) is 123 Å². The molecule has 2 amide bonds. The first kappa shape index (κ1) is 45.6. The van der Waals surface area contributed by atoms with Crippen LogP contribution in [0.15, 0.2) is 12.7 Å². The number of phosphoric ester groups is 3. The number of anilines is 1. The fourth-order valence-electron chi connectivity index (χ4n) is 4.49. The van der Waals surface area contributed by atoms with Gasteiger partial charge in [-0.25, -0.2) is 28.6 Å². The normalized spacial score (nSPS) is 22.3. The van der Waals surface area contributed by atoms with Crippen molar-refractivity contribution in [2.45, 2.75) is 70.7 Å². The molecule has 1 fully saturated rings. The highest BCUT2D eigenvalue weighted by Crippen LogP contribution is 2.61. The van der Waals surface area contributed by atoms with Crippen LogP contribution in [0.25, 0.3) is 11.2 Å². The van der Waals surface area contributed by atoms with Crippen molar-refractivity contribution in [1.82, 2.24) is 30.2 Å². The van der Waals surface area contributed by atoms with Gasteiger partial charge in [0, 0.05) is 36.4 Å². The number of nitrogens with zero attached hydrogens (tertiary/aromatic N) is 4. The number of aromatic nitrogens is 4. The number of nitrogen functional groups attached to an aromatic ring is 1. The van der Waals surface area contributed by atoms with Crippen molar-refractivity contribution in [3.05, 3.63) is 12.7 Å². The van der Waals surface area contributed by atoms with Crippen LogP contribution in [0.1, 0.15) is 46.3 Å². The molecule has 2 aromatic heterocycles. The van der Waals surface area contributed by atoms with Crippen molar-refractivity contribution in [2.24, 2.45) is 5.41 Å². The highest BCUT2D eigenvalue weighted by Gasteiger charge is 2.50. The molecule has 0 aliphatic carbocycles. The third kappa shape index (κ3) is 14.4. The maximum absolute atomic E-state index is 12.7. The number of aliphatic hydroxyl groups excluding tert-OH is 2. The Bertz CT molecular complexity index is 1690. The number of hydrogen-bond acceptors (Lipinski definition) is 18. The number of aliphatic hydroxyl groups is 2. The number of hydrogen-bond donors (Lipinski definition) is 9. The molecule has 53 heavy (non-hydrogen) atoms. The lowest BCUT2D eigenvalue weighted by Crippen LogP contribution is -2.46. The van der Waals surface area contributed by atoms with Crippen LogP contribution in [0.5, 0.6) is 0 Å². The number of nitrogens with one attached hydrogen (secondary N) is 2. The molecule has 0 radical (unpaired) electrons. The van der Waals surface area contributed by atoms with Crippen LogP contribution < -0.4 is 16.4 Å². The summed E-state index contributed by atoms with van der Waals surface area (Å²) in [4.78, 5) is 75.4. The Morgan fingerprint density at radius 1 is 1.06 bits per heavy atom. The third-order valence-electron chi connectivity index (χ3n) is 7.25. The van der Waals surface area contributed by atoms with Gasteiger partial charge in [0.2, 0.25) is 11.8 Å². The smallest absolute Gasteiger partial charge is 0.386 e. The van der Waals surface area contributed by atoms with Crippen LogP contribution >= 0.6 is 45.1 Å². The Kier molecular flexibility index (Phi) is 17.1. The summed E-state index contributed by atoms with van der Waals surface area (Å²) in [7, 11) is -13.0. The van der Waals surface area contributed by atoms with Crippen molar-refractivity contribution in [3.8, 4) is 0 Å². The summed E-state index contributed by atoms with van der Waals surface area (Å²) in [5.74, 6) is 0.457. The van der Waals surface area contributed by atoms with E-state index in [2.05, 4.69) is 41.3 Å². The predicted octanol–water partition coefficient (Wildman–Crippen LogP) is 0.586. The molecule has 23 nitrogen and oxygen atoms in total. The monoisotopic (exact) mass is 855 g/mol. The zero-order chi connectivity index (χ0) is 39.6. The fraction of sp³-hybridized carbons (Fsp3) is 0.720. The second kappa shape index (κ2) is 19.9. The number of imidazole rings is 1. The van der Waals surface area contributed by atoms with E-state index >= 15 is 0 Å². The lowest BCUT2D eigenvalue weighted by molar-refractivity contribution is -0.137. The average molecular weight is 856 g/mol. The Morgan fingerprint density at radius 2 is 1.74 bits per heavy atom. The molecule has 0 saturated carbocycles. The zero-order valence-electron chi connectivity index (χ0n) is 28.7. The molecule has 1 aliphatic rings. The van der Waals surface area contributed by atoms with Gasteiger partial charge >= 0.3 is 23.5 Å². The number of phosphoric acid groups is 3. The van der Waals surface area contributed by atoms with Crippen molar-refractivity contribution in [3.63, 3.8) is 0 Å². The molecule has 2 aromatic rings. The van der Waals surface area contributed by atoms with Gasteiger partial charge in [-0.3, -0.25) is 27.7 Å². The molecular formula is C25H44N7O16P3S2. The molecule has 302 valence electrons. The van der Waals surface area contributed by atoms with Gasteiger partial charge in [0.15, 0.2) is 17.7 Å². The number of rotatable bonds is 23. The lowest BCUT2D eigenvalue weighted by atomic mass is 9.87. The van der Waals surface area contributed by atoms with Crippen LogP contribution in [0.3, 0.4) is 0 Å². The fourth-order valence-corrected chi connectivity index (χ4v) is 9.46. The van der Waals surface area contributed by atoms with Gasteiger partial charge in [-0.2, -0.15) is 4.31 Å². The number of fused-ring (bicyclic) bond motifs is 1. The van der Waals surface area contributed by atoms with Crippen molar-refractivity contribution >= 4 is 73.9 Å². The SMILES string of the molecule is CCCCSSCCNC(=O)CCNC(=O)[C@@H](O)C(C)(C)COP(=O)(O)OP(=O)(O)OC[C@H]1O[C@@H](n2cnc3c(N)ncnc32)[C@@H](O)C1OP(=O)(O)O. The summed E-state index contributed by atoms with van der Waals surface area (Å²) >= 11 is 0. The van der Waals surface area contributed by atoms with Crippen LogP contribution in [0.4, 0.5) is 5.82 Å². The summed E-state index contributed by atoms with van der Waals surface area (Å²) in [6.45, 7) is 3.01. The van der Waals surface area contributed by atoms with E-state index in [1.54, 1.807) is 21.6 Å². The molecule has 3 unspecified atom stereocenters. The first-order valence-electron chi connectivity index (χ1n) is 15.8. The summed E-state index contributed by atoms with van der Waals surface area (Å²) in [5.41, 5.74) is 4.32. The second-order valence-corrected chi connectivity index (χ2v) is 19.0. The summed E-state index contributed by atoms with van der Waals surface area (Å²) < 4.78 is 62.1. The maximum atomic E-state index is 12.7. The number of amides is 2. The van der Waals surface area contributed by atoms with E-state index in [9.17, 15) is 53.1 Å². The largest absolute Gasteiger partial charge is 0.481 e. The molecule has 1 aliphatic heterocycles. The van der Waals surface area contributed by atoms with E-state index in [1.165, 1.54) is 13.8 Å². The van der Waals surface area contributed by atoms with Gasteiger partial charge in [-0.15, -0.1) is 0 Å². The van der Waals surface area contributed by atoms with Crippen LogP contribution in [0, 0.1) is 5.41 Å². The highest BCUT2D eigenvalue weighted by molar-refractivity contribution is 8.76. The molecule has 28 heteroatoms. The Labute approximate surface area is 311 Å². The summed E-state index contributed by atoms with van der Waals surface area (Å²) in [5, 5.41) is 26.5. The van der Waals surface area contributed by atoms with E-state index in [1.807, 2.05) is 0 Å². The lowest BCUT2D eigenvalue weighted by Gasteiger charge is -2.30. The predicted molar refractivity (Wildman–Crippen MR) is 189 cm³/mol. The molecule has 1 saturated heterocycles. The van der Waals surface area contributed by atoms with E-state index in [0.29, 0.717) is 12.3 Å². The number of ether oxygens (including phenoxy) is 1. The van der Waals surface area contributed by atoms with Gasteiger partial charge in [-0.05, 0) is 6.42 Å². The first-order chi connectivity index (χ1) is 24.7. The Morgan fingerprint density at radius 3 is 2.42 bits per heavy atom. The van der Waals surface area contributed by atoms with Crippen LogP contribution in [-0.2, 0) is 45.9 Å². The minimum absolute atomic E-state index is 0.0340. The molecule has 0 aromatic carbocycles. The molecule has 3 rings (SSSR count). The van der Waals surface area contributed by atoms with Crippen molar-refractivity contribution in [2.75, 3.05) is 43.5 Å². The Hall–Kier alpha value is -1.76. The zero-order valence-corrected chi connectivity index (χ0v) is 33.0.